The Morgan fingerprint density at radius 3 is 2.12 bits per heavy atom. The van der Waals surface area contributed by atoms with Crippen LogP contribution in [0.3, 0.4) is 0 Å². The van der Waals surface area contributed by atoms with E-state index in [0.717, 1.165) is 12.0 Å². The third-order valence-electron chi connectivity index (χ3n) is 3.16. The van der Waals surface area contributed by atoms with Crippen molar-refractivity contribution in [3.63, 3.8) is 0 Å². The number of benzene rings is 2. The van der Waals surface area contributed by atoms with E-state index in [1.165, 1.54) is 21.9 Å². The number of hydrogen-bond acceptors (Lipinski definition) is 0. The topological polar surface area (TPSA) is 23.8 Å². The van der Waals surface area contributed by atoms with Crippen molar-refractivity contribution in [3.8, 4) is 0 Å². The number of nitrogens with one attached hydrogen (secondary N) is 1. The quantitative estimate of drug-likeness (QED) is 0.363. The summed E-state index contributed by atoms with van der Waals surface area (Å²) >= 11 is 0. The summed E-state index contributed by atoms with van der Waals surface area (Å²) in [5.41, 5.74) is 10.5. The largest absolute Gasteiger partial charge is 2.00 e. The first-order chi connectivity index (χ1) is 9.86. The molecule has 0 atom stereocenters. The van der Waals surface area contributed by atoms with E-state index < -0.39 is 0 Å². The van der Waals surface area contributed by atoms with Gasteiger partial charge in [0.1, 0.15) is 0 Å². The van der Waals surface area contributed by atoms with Crippen LogP contribution in [-0.4, -0.2) is 5.54 Å². The van der Waals surface area contributed by atoms with Gasteiger partial charge in [-0.05, 0) is 6.42 Å². The molecule has 0 heterocycles. The maximum Gasteiger partial charge on any atom is 2.00 e. The Morgan fingerprint density at radius 2 is 1.58 bits per heavy atom. The fraction of sp³-hybridized carbons (Fsp3) is 0.250. The van der Waals surface area contributed by atoms with Crippen LogP contribution in [0.2, 0.25) is 0 Å². The first kappa shape index (κ1) is 25.5. The first-order valence-corrected chi connectivity index (χ1v) is 7.31. The average Bonchev–Trinajstić information content (AvgIpc) is 2.91. The average molecular weight is 398 g/mol. The molecule has 1 nitrogen and oxygen atoms in total. The Bertz CT molecular complexity index is 694. The molecule has 0 aromatic heterocycles. The van der Waals surface area contributed by atoms with Gasteiger partial charge in [-0.3, -0.25) is 0 Å². The molecule has 2 aromatic carbocycles. The molecule has 0 saturated heterocycles. The molecule has 0 saturated carbocycles. The Labute approximate surface area is 173 Å². The van der Waals surface area contributed by atoms with Crippen LogP contribution in [0.5, 0.6) is 0 Å². The van der Waals surface area contributed by atoms with Gasteiger partial charge >= 0.3 is 21.7 Å². The van der Waals surface area contributed by atoms with Gasteiger partial charge in [0.25, 0.3) is 0 Å². The molecule has 128 valence electrons. The summed E-state index contributed by atoms with van der Waals surface area (Å²) in [6.45, 7) is 9.79. The van der Waals surface area contributed by atoms with Crippen molar-refractivity contribution in [2.45, 2.75) is 32.7 Å². The van der Waals surface area contributed by atoms with Crippen LogP contribution in [0.15, 0.2) is 54.6 Å². The van der Waals surface area contributed by atoms with Crippen molar-refractivity contribution in [3.05, 3.63) is 78.4 Å². The van der Waals surface area contributed by atoms with E-state index in [9.17, 15) is 0 Å². The molecule has 0 unspecified atom stereocenters. The van der Waals surface area contributed by atoms with E-state index >= 15 is 0 Å². The summed E-state index contributed by atoms with van der Waals surface area (Å²) in [4.78, 5) is 0. The van der Waals surface area contributed by atoms with Crippen LogP contribution < -0.4 is 0 Å². The molecule has 0 spiro atoms. The zero-order valence-corrected chi connectivity index (χ0v) is 17.6. The molecule has 1 aliphatic rings. The molecule has 0 bridgehead atoms. The predicted molar refractivity (Wildman–Crippen MR) is 109 cm³/mol. The van der Waals surface area contributed by atoms with Crippen LogP contribution >= 0.6 is 24.8 Å². The minimum atomic E-state index is -0.250. The van der Waals surface area contributed by atoms with E-state index in [2.05, 4.69) is 61.5 Å². The number of fused-ring (bicyclic) bond motifs is 1. The maximum absolute atomic E-state index is 6.94. The minimum absolute atomic E-state index is 0. The van der Waals surface area contributed by atoms with Gasteiger partial charge < -0.3 is 5.73 Å². The van der Waals surface area contributed by atoms with Gasteiger partial charge in [0.2, 0.25) is 0 Å². The third-order valence-corrected chi connectivity index (χ3v) is 3.16. The Morgan fingerprint density at radius 1 is 1.00 bits per heavy atom. The van der Waals surface area contributed by atoms with Crippen molar-refractivity contribution in [2.24, 2.45) is 0 Å². The van der Waals surface area contributed by atoms with E-state index in [4.69, 9.17) is 5.73 Å². The van der Waals surface area contributed by atoms with E-state index in [0.29, 0.717) is 0 Å². The van der Waals surface area contributed by atoms with Gasteiger partial charge in [-0.25, -0.2) is 0 Å². The van der Waals surface area contributed by atoms with E-state index in [-0.39, 0.29) is 52.1 Å². The smallest absolute Gasteiger partial charge is 0.673 e. The molecule has 2 aromatic rings. The number of hydrogen-bond donors (Lipinski definition) is 0. The molecule has 0 fully saturated rings. The number of rotatable bonds is 1. The van der Waals surface area contributed by atoms with Crippen LogP contribution in [0.1, 0.15) is 38.3 Å². The second-order valence-electron chi connectivity index (χ2n) is 6.39. The summed E-state index contributed by atoms with van der Waals surface area (Å²) in [7, 11) is 0. The van der Waals surface area contributed by atoms with Crippen LogP contribution in [0.4, 0.5) is 0 Å². The molecular weight excluding hydrogens is 373 g/mol. The van der Waals surface area contributed by atoms with E-state index in [1.54, 1.807) is 0 Å². The standard InChI is InChI=1S/C16H13.C4H10N.2ClH.Ti/c1-12-15-9-5-4-8-14(15)10-11-16(12)13-6-2-3-7-13;1-4(2,3)5;;;/h2-6,8-11H,1,7H2;5H,1-3H3;2*1H;/q2*-1;;;+2. The second kappa shape index (κ2) is 11.0. The summed E-state index contributed by atoms with van der Waals surface area (Å²) in [6, 6.07) is 12.8. The Kier molecular flexibility index (Phi) is 11.7. The van der Waals surface area contributed by atoms with Gasteiger partial charge in [0.05, 0.1) is 0 Å². The Hall–Kier alpha value is -0.696. The summed E-state index contributed by atoms with van der Waals surface area (Å²) in [5.74, 6) is 0. The van der Waals surface area contributed by atoms with Crippen molar-refractivity contribution in [2.75, 3.05) is 0 Å². The van der Waals surface area contributed by atoms with Gasteiger partial charge in [0, 0.05) is 0 Å². The molecule has 0 radical (unpaired) electrons. The third kappa shape index (κ3) is 7.46. The molecule has 1 aliphatic carbocycles. The molecule has 0 amide bonds. The van der Waals surface area contributed by atoms with Gasteiger partial charge in [-0.15, -0.1) is 53.4 Å². The van der Waals surface area contributed by atoms with Gasteiger partial charge in [0.15, 0.2) is 0 Å². The second-order valence-corrected chi connectivity index (χ2v) is 6.39. The van der Waals surface area contributed by atoms with Crippen LogP contribution in [0, 0.1) is 6.92 Å². The van der Waals surface area contributed by atoms with Crippen LogP contribution in [0.25, 0.3) is 22.1 Å². The zero-order chi connectivity index (χ0) is 15.5. The molecule has 1 N–H and O–H groups in total. The monoisotopic (exact) mass is 397 g/mol. The fourth-order valence-corrected chi connectivity index (χ4v) is 2.28. The fourth-order valence-electron chi connectivity index (χ4n) is 2.28. The molecule has 24 heavy (non-hydrogen) atoms. The van der Waals surface area contributed by atoms with Gasteiger partial charge in [-0.1, -0.05) is 74.2 Å². The van der Waals surface area contributed by atoms with Crippen molar-refractivity contribution >= 4 is 41.2 Å². The van der Waals surface area contributed by atoms with Crippen molar-refractivity contribution in [1.82, 2.24) is 0 Å². The molecule has 4 heteroatoms. The zero-order valence-electron chi connectivity index (χ0n) is 14.4. The molecule has 0 aliphatic heterocycles. The van der Waals surface area contributed by atoms with E-state index in [1.807, 2.05) is 20.8 Å². The number of allylic oxidation sites excluding steroid dienone is 4. The minimum Gasteiger partial charge on any atom is -0.673 e. The summed E-state index contributed by atoms with van der Waals surface area (Å²) in [5, 5.41) is 2.52. The predicted octanol–water partition coefficient (Wildman–Crippen LogP) is 7.04. The summed E-state index contributed by atoms with van der Waals surface area (Å²) < 4.78 is 0. The SMILES string of the molecule is CC(C)(C)[NH-].Cl.Cl.[CH2-]c1c(C2=CC=CC2)ccc2ccccc12.[Ti+2]. The number of halogens is 2. The first-order valence-electron chi connectivity index (χ1n) is 7.31. The Balaban J connectivity index is 0. The summed E-state index contributed by atoms with van der Waals surface area (Å²) in [6.07, 6.45) is 7.51. The van der Waals surface area contributed by atoms with Crippen molar-refractivity contribution < 1.29 is 21.7 Å². The van der Waals surface area contributed by atoms with Crippen LogP contribution in [-0.2, 0) is 21.7 Å². The van der Waals surface area contributed by atoms with Crippen molar-refractivity contribution in [1.29, 1.82) is 0 Å². The molecular formula is C20H25Cl2NTi. The van der Waals surface area contributed by atoms with Gasteiger partial charge in [-0.2, -0.15) is 12.5 Å². The maximum atomic E-state index is 6.94. The molecule has 3 rings (SSSR count). The normalized spacial score (nSPS) is 12.1.